The highest BCUT2D eigenvalue weighted by Gasteiger charge is 2.23. The maximum absolute atomic E-state index is 13.6. The summed E-state index contributed by atoms with van der Waals surface area (Å²) in [5, 5.41) is 23.5. The molecule has 0 aliphatic carbocycles. The third-order valence-corrected chi connectivity index (χ3v) is 2.70. The van der Waals surface area contributed by atoms with Crippen LogP contribution in [0.25, 0.3) is 5.69 Å². The average molecular weight is 330 g/mol. The highest BCUT2D eigenvalue weighted by Crippen LogP contribution is 2.27. The molecular weight excluding hydrogens is 325 g/mol. The van der Waals surface area contributed by atoms with E-state index in [-0.39, 0.29) is 5.69 Å². The van der Waals surface area contributed by atoms with E-state index >= 15 is 0 Å². The molecule has 0 saturated carbocycles. The summed E-state index contributed by atoms with van der Waals surface area (Å²) < 4.78 is 15.2. The molecule has 0 aliphatic heterocycles. The van der Waals surface area contributed by atoms with E-state index in [1.165, 1.54) is 12.4 Å². The van der Waals surface area contributed by atoms with Crippen molar-refractivity contribution in [3.63, 3.8) is 0 Å². The molecule has 0 bridgehead atoms. The van der Waals surface area contributed by atoms with Gasteiger partial charge in [0.25, 0.3) is 5.69 Å². The zero-order valence-electron chi connectivity index (χ0n) is 9.08. The SMILES string of the molecule is O=C(O)c1cc([N+](=O)[O-])c(-n2cc(Br)cn2)cc1F. The third kappa shape index (κ3) is 2.45. The second-order valence-corrected chi connectivity index (χ2v) is 4.40. The van der Waals surface area contributed by atoms with Gasteiger partial charge in [0.1, 0.15) is 17.1 Å². The van der Waals surface area contributed by atoms with Gasteiger partial charge in [-0.3, -0.25) is 10.1 Å². The van der Waals surface area contributed by atoms with E-state index < -0.39 is 28.0 Å². The van der Waals surface area contributed by atoms with Crippen LogP contribution in [0.1, 0.15) is 10.4 Å². The molecule has 1 heterocycles. The van der Waals surface area contributed by atoms with Crippen LogP contribution in [-0.2, 0) is 0 Å². The minimum absolute atomic E-state index is 0.154. The number of aromatic nitrogens is 2. The molecule has 1 N–H and O–H groups in total. The molecule has 98 valence electrons. The van der Waals surface area contributed by atoms with E-state index in [0.717, 1.165) is 10.7 Å². The Kier molecular flexibility index (Phi) is 3.30. The quantitative estimate of drug-likeness (QED) is 0.688. The number of nitro benzene ring substituents is 1. The Morgan fingerprint density at radius 3 is 2.68 bits per heavy atom. The van der Waals surface area contributed by atoms with Crippen molar-refractivity contribution in [3.05, 3.63) is 50.5 Å². The standard InChI is InChI=1S/C10H5BrFN3O4/c11-5-3-13-14(4-5)8-2-7(12)6(10(16)17)1-9(8)15(18)19/h1-4H,(H,16,17). The Labute approximate surface area is 113 Å². The molecule has 0 radical (unpaired) electrons. The van der Waals surface area contributed by atoms with Crippen LogP contribution in [0.3, 0.4) is 0 Å². The number of carboxylic acid groups (broad SMARTS) is 1. The molecule has 9 heteroatoms. The van der Waals surface area contributed by atoms with Crippen LogP contribution in [0.5, 0.6) is 0 Å². The molecule has 19 heavy (non-hydrogen) atoms. The fourth-order valence-electron chi connectivity index (χ4n) is 1.48. The number of nitro groups is 1. The number of rotatable bonds is 3. The minimum Gasteiger partial charge on any atom is -0.478 e. The maximum Gasteiger partial charge on any atom is 0.338 e. The second kappa shape index (κ2) is 4.76. The number of hydrogen-bond donors (Lipinski definition) is 1. The van der Waals surface area contributed by atoms with Gasteiger partial charge in [0.2, 0.25) is 0 Å². The van der Waals surface area contributed by atoms with Crippen LogP contribution >= 0.6 is 15.9 Å². The summed E-state index contributed by atoms with van der Waals surface area (Å²) >= 11 is 3.11. The highest BCUT2D eigenvalue weighted by atomic mass is 79.9. The fraction of sp³-hybridized carbons (Fsp3) is 0. The van der Waals surface area contributed by atoms with Crippen molar-refractivity contribution >= 4 is 27.6 Å². The fourth-order valence-corrected chi connectivity index (χ4v) is 1.76. The summed E-state index contributed by atoms with van der Waals surface area (Å²) in [5.41, 5.74) is -1.46. The van der Waals surface area contributed by atoms with Crippen LogP contribution in [0, 0.1) is 15.9 Å². The van der Waals surface area contributed by atoms with Gasteiger partial charge < -0.3 is 5.11 Å². The summed E-state index contributed by atoms with van der Waals surface area (Å²) in [6, 6.07) is 1.43. The largest absolute Gasteiger partial charge is 0.478 e. The lowest BCUT2D eigenvalue weighted by molar-refractivity contribution is -0.384. The van der Waals surface area contributed by atoms with E-state index in [9.17, 15) is 19.3 Å². The molecule has 0 fully saturated rings. The predicted molar refractivity (Wildman–Crippen MR) is 64.8 cm³/mol. The van der Waals surface area contributed by atoms with E-state index in [0.29, 0.717) is 10.5 Å². The molecular formula is C10H5BrFN3O4. The van der Waals surface area contributed by atoms with Crippen LogP contribution < -0.4 is 0 Å². The van der Waals surface area contributed by atoms with Crippen molar-refractivity contribution in [1.29, 1.82) is 0 Å². The van der Waals surface area contributed by atoms with Gasteiger partial charge in [0, 0.05) is 18.3 Å². The van der Waals surface area contributed by atoms with Crippen LogP contribution in [0.2, 0.25) is 0 Å². The van der Waals surface area contributed by atoms with Crippen LogP contribution in [-0.4, -0.2) is 25.8 Å². The number of benzene rings is 1. The van der Waals surface area contributed by atoms with E-state index in [1.54, 1.807) is 0 Å². The molecule has 2 rings (SSSR count). The van der Waals surface area contributed by atoms with Crippen molar-refractivity contribution in [2.75, 3.05) is 0 Å². The third-order valence-electron chi connectivity index (χ3n) is 2.29. The van der Waals surface area contributed by atoms with Gasteiger partial charge in [-0.2, -0.15) is 5.10 Å². The molecule has 0 saturated heterocycles. The van der Waals surface area contributed by atoms with Gasteiger partial charge in [-0.25, -0.2) is 13.9 Å². The Morgan fingerprint density at radius 2 is 2.21 bits per heavy atom. The van der Waals surface area contributed by atoms with Gasteiger partial charge in [0.05, 0.1) is 15.6 Å². The maximum atomic E-state index is 13.6. The Morgan fingerprint density at radius 1 is 1.53 bits per heavy atom. The number of carbonyl (C=O) groups is 1. The molecule has 2 aromatic rings. The second-order valence-electron chi connectivity index (χ2n) is 3.49. The van der Waals surface area contributed by atoms with Crippen LogP contribution in [0.4, 0.5) is 10.1 Å². The summed E-state index contributed by atoms with van der Waals surface area (Å²) in [4.78, 5) is 20.9. The molecule has 0 unspecified atom stereocenters. The van der Waals surface area contributed by atoms with Crippen molar-refractivity contribution in [2.45, 2.75) is 0 Å². The lowest BCUT2D eigenvalue weighted by Gasteiger charge is -2.05. The summed E-state index contributed by atoms with van der Waals surface area (Å²) in [5.74, 6) is -2.64. The molecule has 0 amide bonds. The van der Waals surface area contributed by atoms with Crippen molar-refractivity contribution in [2.24, 2.45) is 0 Å². The molecule has 0 atom stereocenters. The summed E-state index contributed by atoms with van der Waals surface area (Å²) in [6.07, 6.45) is 2.76. The monoisotopic (exact) mass is 329 g/mol. The average Bonchev–Trinajstić information content (AvgIpc) is 2.74. The van der Waals surface area contributed by atoms with Gasteiger partial charge in [-0.15, -0.1) is 0 Å². The zero-order valence-corrected chi connectivity index (χ0v) is 10.7. The van der Waals surface area contributed by atoms with Crippen molar-refractivity contribution < 1.29 is 19.2 Å². The number of carboxylic acids is 1. The first-order valence-corrected chi connectivity index (χ1v) is 5.61. The van der Waals surface area contributed by atoms with Gasteiger partial charge in [0.15, 0.2) is 0 Å². The number of nitrogens with zero attached hydrogens (tertiary/aromatic N) is 3. The first kappa shape index (κ1) is 13.1. The lowest BCUT2D eigenvalue weighted by Crippen LogP contribution is -2.07. The van der Waals surface area contributed by atoms with Gasteiger partial charge in [-0.1, -0.05) is 0 Å². The molecule has 1 aromatic heterocycles. The number of halogens is 2. The predicted octanol–water partition coefficient (Wildman–Crippen LogP) is 2.38. The number of hydrogen-bond acceptors (Lipinski definition) is 4. The Hall–Kier alpha value is -2.29. The van der Waals surface area contributed by atoms with Crippen molar-refractivity contribution in [3.8, 4) is 5.69 Å². The van der Waals surface area contributed by atoms with Crippen molar-refractivity contribution in [1.82, 2.24) is 9.78 Å². The molecule has 1 aromatic carbocycles. The molecule has 0 spiro atoms. The minimum atomic E-state index is -1.58. The Bertz CT molecular complexity index is 685. The topological polar surface area (TPSA) is 98.3 Å². The molecule has 0 aliphatic rings. The van der Waals surface area contributed by atoms with Gasteiger partial charge in [-0.05, 0) is 15.9 Å². The first-order chi connectivity index (χ1) is 8.90. The first-order valence-electron chi connectivity index (χ1n) is 4.82. The smallest absolute Gasteiger partial charge is 0.338 e. The molecule has 7 nitrogen and oxygen atoms in total. The number of aromatic carboxylic acids is 1. The normalized spacial score (nSPS) is 10.4. The zero-order chi connectivity index (χ0) is 14.2. The van der Waals surface area contributed by atoms with Gasteiger partial charge >= 0.3 is 5.97 Å². The van der Waals surface area contributed by atoms with E-state index in [2.05, 4.69) is 21.0 Å². The highest BCUT2D eigenvalue weighted by molar-refractivity contribution is 9.10. The summed E-state index contributed by atoms with van der Waals surface area (Å²) in [7, 11) is 0. The summed E-state index contributed by atoms with van der Waals surface area (Å²) in [6.45, 7) is 0. The van der Waals surface area contributed by atoms with Crippen LogP contribution in [0.15, 0.2) is 29.0 Å². The van der Waals surface area contributed by atoms with E-state index in [1.807, 2.05) is 0 Å². The van der Waals surface area contributed by atoms with E-state index in [4.69, 9.17) is 5.11 Å². The lowest BCUT2D eigenvalue weighted by atomic mass is 10.1. The Balaban J connectivity index is 2.70.